The van der Waals surface area contributed by atoms with E-state index in [-0.39, 0.29) is 4.90 Å². The fourth-order valence-corrected chi connectivity index (χ4v) is 2.57. The second-order valence-electron chi connectivity index (χ2n) is 4.47. The van der Waals surface area contributed by atoms with E-state index >= 15 is 0 Å². The molecule has 0 amide bonds. The lowest BCUT2D eigenvalue weighted by atomic mass is 10.3. The van der Waals surface area contributed by atoms with Gasteiger partial charge < -0.3 is 5.32 Å². The van der Waals surface area contributed by atoms with Gasteiger partial charge in [-0.15, -0.1) is 0 Å². The van der Waals surface area contributed by atoms with Crippen molar-refractivity contribution in [2.45, 2.75) is 24.9 Å². The SMILES string of the molecule is CCn1cc(CNc2cc(S(C)(=O)=O)ccc2Cl)cn1. The predicted octanol–water partition coefficient (Wildman–Crippen LogP) is 2.57. The maximum atomic E-state index is 11.5. The third kappa shape index (κ3) is 3.52. The van der Waals surface area contributed by atoms with Gasteiger partial charge in [0.25, 0.3) is 0 Å². The summed E-state index contributed by atoms with van der Waals surface area (Å²) >= 11 is 6.07. The van der Waals surface area contributed by atoms with Gasteiger partial charge in [-0.1, -0.05) is 11.6 Å². The highest BCUT2D eigenvalue weighted by Crippen LogP contribution is 2.25. The van der Waals surface area contributed by atoms with Crippen LogP contribution in [0.4, 0.5) is 5.69 Å². The summed E-state index contributed by atoms with van der Waals surface area (Å²) < 4.78 is 24.9. The van der Waals surface area contributed by atoms with E-state index in [2.05, 4.69) is 10.4 Å². The highest BCUT2D eigenvalue weighted by Gasteiger charge is 2.10. The van der Waals surface area contributed by atoms with Crippen molar-refractivity contribution >= 4 is 27.1 Å². The minimum Gasteiger partial charge on any atom is -0.380 e. The number of halogens is 1. The first-order valence-electron chi connectivity index (χ1n) is 6.15. The molecule has 0 unspecified atom stereocenters. The van der Waals surface area contributed by atoms with E-state index in [0.717, 1.165) is 12.1 Å². The van der Waals surface area contributed by atoms with Crippen LogP contribution >= 0.6 is 11.6 Å². The number of rotatable bonds is 5. The molecule has 7 heteroatoms. The van der Waals surface area contributed by atoms with E-state index in [1.807, 2.05) is 17.8 Å². The quantitative estimate of drug-likeness (QED) is 0.921. The summed E-state index contributed by atoms with van der Waals surface area (Å²) in [4.78, 5) is 0.244. The molecule has 1 N–H and O–H groups in total. The highest BCUT2D eigenvalue weighted by atomic mass is 35.5. The summed E-state index contributed by atoms with van der Waals surface area (Å²) in [6.07, 6.45) is 4.87. The molecule has 0 aliphatic carbocycles. The van der Waals surface area contributed by atoms with Crippen LogP contribution in [-0.2, 0) is 22.9 Å². The molecule has 0 aliphatic heterocycles. The minimum absolute atomic E-state index is 0.244. The van der Waals surface area contributed by atoms with Crippen molar-refractivity contribution in [3.63, 3.8) is 0 Å². The smallest absolute Gasteiger partial charge is 0.175 e. The van der Waals surface area contributed by atoms with Gasteiger partial charge in [-0.3, -0.25) is 4.68 Å². The summed E-state index contributed by atoms with van der Waals surface area (Å²) in [6, 6.07) is 4.62. The molecule has 1 aromatic heterocycles. The number of aromatic nitrogens is 2. The Morgan fingerprint density at radius 1 is 1.40 bits per heavy atom. The van der Waals surface area contributed by atoms with Crippen LogP contribution in [0.5, 0.6) is 0 Å². The Labute approximate surface area is 123 Å². The number of hydrogen-bond acceptors (Lipinski definition) is 4. The first-order valence-corrected chi connectivity index (χ1v) is 8.42. The number of benzene rings is 1. The molecule has 0 atom stereocenters. The van der Waals surface area contributed by atoms with Gasteiger partial charge in [-0.05, 0) is 25.1 Å². The van der Waals surface area contributed by atoms with Crippen molar-refractivity contribution < 1.29 is 8.42 Å². The second kappa shape index (κ2) is 5.85. The molecule has 1 aromatic carbocycles. The van der Waals surface area contributed by atoms with Crippen molar-refractivity contribution in [2.24, 2.45) is 0 Å². The average molecular weight is 314 g/mol. The Balaban J connectivity index is 2.16. The van der Waals surface area contributed by atoms with Gasteiger partial charge in [0, 0.05) is 31.1 Å². The molecular weight excluding hydrogens is 298 g/mol. The van der Waals surface area contributed by atoms with E-state index in [1.165, 1.54) is 12.3 Å². The van der Waals surface area contributed by atoms with Crippen LogP contribution < -0.4 is 5.32 Å². The molecule has 0 bridgehead atoms. The first-order chi connectivity index (χ1) is 9.40. The molecule has 2 aromatic rings. The summed E-state index contributed by atoms with van der Waals surface area (Å²) in [7, 11) is -3.24. The van der Waals surface area contributed by atoms with Crippen molar-refractivity contribution in [2.75, 3.05) is 11.6 Å². The van der Waals surface area contributed by atoms with Crippen LogP contribution in [0.3, 0.4) is 0 Å². The minimum atomic E-state index is -3.24. The Morgan fingerprint density at radius 2 is 2.15 bits per heavy atom. The lowest BCUT2D eigenvalue weighted by Gasteiger charge is -2.09. The molecule has 0 fully saturated rings. The Kier molecular flexibility index (Phi) is 4.35. The summed E-state index contributed by atoms with van der Waals surface area (Å²) in [5, 5.41) is 7.79. The van der Waals surface area contributed by atoms with E-state index in [0.29, 0.717) is 17.3 Å². The van der Waals surface area contributed by atoms with Gasteiger partial charge in [0.05, 0.1) is 21.8 Å². The van der Waals surface area contributed by atoms with Gasteiger partial charge in [0.1, 0.15) is 0 Å². The van der Waals surface area contributed by atoms with Gasteiger partial charge >= 0.3 is 0 Å². The van der Waals surface area contributed by atoms with Gasteiger partial charge in [-0.2, -0.15) is 5.10 Å². The van der Waals surface area contributed by atoms with Crippen LogP contribution in [-0.4, -0.2) is 24.5 Å². The number of nitrogens with one attached hydrogen (secondary N) is 1. The molecule has 0 radical (unpaired) electrons. The topological polar surface area (TPSA) is 64.0 Å². The van der Waals surface area contributed by atoms with Crippen molar-refractivity contribution in [1.29, 1.82) is 0 Å². The highest BCUT2D eigenvalue weighted by molar-refractivity contribution is 7.90. The molecule has 0 saturated heterocycles. The van der Waals surface area contributed by atoms with E-state index in [9.17, 15) is 8.42 Å². The Bertz CT molecular complexity index is 710. The van der Waals surface area contributed by atoms with Gasteiger partial charge in [0.15, 0.2) is 9.84 Å². The monoisotopic (exact) mass is 313 g/mol. The third-order valence-electron chi connectivity index (χ3n) is 2.86. The fourth-order valence-electron chi connectivity index (χ4n) is 1.74. The zero-order chi connectivity index (χ0) is 14.8. The maximum absolute atomic E-state index is 11.5. The largest absolute Gasteiger partial charge is 0.380 e. The fraction of sp³-hybridized carbons (Fsp3) is 0.308. The van der Waals surface area contributed by atoms with Gasteiger partial charge in [0.2, 0.25) is 0 Å². The zero-order valence-electron chi connectivity index (χ0n) is 11.3. The van der Waals surface area contributed by atoms with Gasteiger partial charge in [-0.25, -0.2) is 8.42 Å². The molecule has 108 valence electrons. The standard InChI is InChI=1S/C13H16ClN3O2S/c1-3-17-9-10(8-16-17)7-15-13-6-11(20(2,18)19)4-5-12(13)14/h4-6,8-9,15H,3,7H2,1-2H3. The Morgan fingerprint density at radius 3 is 2.75 bits per heavy atom. The molecule has 20 heavy (non-hydrogen) atoms. The van der Waals surface area contributed by atoms with Crippen LogP contribution in [0, 0.1) is 0 Å². The molecule has 5 nitrogen and oxygen atoms in total. The second-order valence-corrected chi connectivity index (χ2v) is 6.89. The molecule has 0 spiro atoms. The summed E-state index contributed by atoms with van der Waals surface area (Å²) in [5.74, 6) is 0. The van der Waals surface area contributed by atoms with E-state index < -0.39 is 9.84 Å². The summed E-state index contributed by atoms with van der Waals surface area (Å²) in [5.41, 5.74) is 1.60. The van der Waals surface area contributed by atoms with E-state index in [4.69, 9.17) is 11.6 Å². The van der Waals surface area contributed by atoms with Crippen LogP contribution in [0.1, 0.15) is 12.5 Å². The Hall–Kier alpha value is -1.53. The van der Waals surface area contributed by atoms with Crippen molar-refractivity contribution in [3.05, 3.63) is 41.2 Å². The zero-order valence-corrected chi connectivity index (χ0v) is 12.9. The number of sulfone groups is 1. The molecule has 0 saturated carbocycles. The number of aryl methyl sites for hydroxylation is 1. The number of hydrogen-bond donors (Lipinski definition) is 1. The van der Waals surface area contributed by atoms with E-state index in [1.54, 1.807) is 18.3 Å². The summed E-state index contributed by atoms with van der Waals surface area (Å²) in [6.45, 7) is 3.36. The van der Waals surface area contributed by atoms with Crippen LogP contribution in [0.15, 0.2) is 35.5 Å². The predicted molar refractivity (Wildman–Crippen MR) is 79.8 cm³/mol. The average Bonchev–Trinajstić information content (AvgIpc) is 2.84. The third-order valence-corrected chi connectivity index (χ3v) is 4.30. The lowest BCUT2D eigenvalue weighted by Crippen LogP contribution is -2.02. The molecule has 2 rings (SSSR count). The molecule has 1 heterocycles. The lowest BCUT2D eigenvalue weighted by molar-refractivity contribution is 0.602. The van der Waals surface area contributed by atoms with Crippen LogP contribution in [0.2, 0.25) is 5.02 Å². The van der Waals surface area contributed by atoms with Crippen molar-refractivity contribution in [3.8, 4) is 0 Å². The first kappa shape index (κ1) is 14.9. The molecule has 0 aliphatic rings. The number of anilines is 1. The van der Waals surface area contributed by atoms with Crippen molar-refractivity contribution in [1.82, 2.24) is 9.78 Å². The molecular formula is C13H16ClN3O2S. The number of nitrogens with zero attached hydrogens (tertiary/aromatic N) is 2. The normalized spacial score (nSPS) is 11.6. The van der Waals surface area contributed by atoms with Crippen LogP contribution in [0.25, 0.3) is 0 Å². The maximum Gasteiger partial charge on any atom is 0.175 e.